The third-order valence-corrected chi connectivity index (χ3v) is 1.15. The first kappa shape index (κ1) is 8.94. The van der Waals surface area contributed by atoms with Crippen LogP contribution in [0.15, 0.2) is 0 Å². The van der Waals surface area contributed by atoms with Crippen LogP contribution in [-0.2, 0) is 4.74 Å². The Morgan fingerprint density at radius 1 is 1.40 bits per heavy atom. The first-order valence-electron chi connectivity index (χ1n) is 3.13. The summed E-state index contributed by atoms with van der Waals surface area (Å²) in [5, 5.41) is 16.6. The number of hydrogen-bond donors (Lipinski definition) is 0. The van der Waals surface area contributed by atoms with Crippen molar-refractivity contribution in [3.63, 3.8) is 0 Å². The summed E-state index contributed by atoms with van der Waals surface area (Å²) in [6, 6.07) is 3.79. The second-order valence-electron chi connectivity index (χ2n) is 1.95. The van der Waals surface area contributed by atoms with Gasteiger partial charge in [-0.3, -0.25) is 0 Å². The molecule has 0 aromatic rings. The largest absolute Gasteiger partial charge is 0.385 e. The first-order chi connectivity index (χ1) is 4.85. The molecule has 0 aliphatic heterocycles. The molecular formula is C7H10N2O. The third kappa shape index (κ3) is 3.88. The molecular weight excluding hydrogens is 128 g/mol. The van der Waals surface area contributed by atoms with Crippen LogP contribution in [0.4, 0.5) is 0 Å². The fraction of sp³-hybridized carbons (Fsp3) is 0.714. The molecule has 0 N–H and O–H groups in total. The molecule has 0 saturated heterocycles. The van der Waals surface area contributed by atoms with Crippen molar-refractivity contribution in [3.8, 4) is 12.1 Å². The molecule has 0 spiro atoms. The second-order valence-corrected chi connectivity index (χ2v) is 1.95. The Hall–Kier alpha value is -1.06. The second kappa shape index (κ2) is 6.07. The van der Waals surface area contributed by atoms with E-state index in [2.05, 4.69) is 0 Å². The minimum atomic E-state index is -0.463. The number of ether oxygens (including phenoxy) is 1. The molecule has 0 aromatic heterocycles. The lowest BCUT2D eigenvalue weighted by Gasteiger charge is -1.97. The van der Waals surface area contributed by atoms with E-state index in [1.807, 2.05) is 12.1 Å². The summed E-state index contributed by atoms with van der Waals surface area (Å²) in [7, 11) is 1.60. The van der Waals surface area contributed by atoms with Crippen LogP contribution in [0.3, 0.4) is 0 Å². The molecule has 3 heteroatoms. The summed E-state index contributed by atoms with van der Waals surface area (Å²) in [5.74, 6) is -0.463. The molecule has 0 aromatic carbocycles. The van der Waals surface area contributed by atoms with E-state index < -0.39 is 5.92 Å². The van der Waals surface area contributed by atoms with E-state index in [0.717, 1.165) is 6.42 Å². The van der Waals surface area contributed by atoms with Gasteiger partial charge in [0.05, 0.1) is 12.1 Å². The lowest BCUT2D eigenvalue weighted by atomic mass is 10.1. The maximum atomic E-state index is 8.31. The van der Waals surface area contributed by atoms with E-state index in [4.69, 9.17) is 15.3 Å². The molecule has 0 rings (SSSR count). The Balaban J connectivity index is 3.31. The fourth-order valence-corrected chi connectivity index (χ4v) is 0.590. The molecule has 0 unspecified atom stereocenters. The summed E-state index contributed by atoms with van der Waals surface area (Å²) >= 11 is 0. The monoisotopic (exact) mass is 138 g/mol. The molecule has 54 valence electrons. The van der Waals surface area contributed by atoms with Crippen molar-refractivity contribution in [2.45, 2.75) is 12.8 Å². The van der Waals surface area contributed by atoms with Gasteiger partial charge in [-0.2, -0.15) is 10.5 Å². The van der Waals surface area contributed by atoms with Crippen molar-refractivity contribution < 1.29 is 4.74 Å². The summed E-state index contributed by atoms with van der Waals surface area (Å²) < 4.78 is 4.76. The molecule has 10 heavy (non-hydrogen) atoms. The minimum absolute atomic E-state index is 0.463. The summed E-state index contributed by atoms with van der Waals surface area (Å²) in [6.07, 6.45) is 1.39. The highest BCUT2D eigenvalue weighted by Gasteiger charge is 2.02. The van der Waals surface area contributed by atoms with Crippen LogP contribution in [0.2, 0.25) is 0 Å². The molecule has 0 aliphatic rings. The van der Waals surface area contributed by atoms with Crippen LogP contribution in [0, 0.1) is 28.6 Å². The smallest absolute Gasteiger partial charge is 0.133 e. The highest BCUT2D eigenvalue weighted by molar-refractivity contribution is 4.98. The quantitative estimate of drug-likeness (QED) is 0.546. The molecule has 0 fully saturated rings. The predicted molar refractivity (Wildman–Crippen MR) is 35.8 cm³/mol. The van der Waals surface area contributed by atoms with Gasteiger partial charge in [0, 0.05) is 13.7 Å². The van der Waals surface area contributed by atoms with Gasteiger partial charge in [0.15, 0.2) is 0 Å². The van der Waals surface area contributed by atoms with Crippen LogP contribution in [0.1, 0.15) is 12.8 Å². The van der Waals surface area contributed by atoms with Gasteiger partial charge in [-0.05, 0) is 12.8 Å². The number of rotatable bonds is 4. The Labute approximate surface area is 60.8 Å². The van der Waals surface area contributed by atoms with Gasteiger partial charge in [0.2, 0.25) is 0 Å². The molecule has 0 amide bonds. The van der Waals surface area contributed by atoms with Gasteiger partial charge >= 0.3 is 0 Å². The zero-order valence-electron chi connectivity index (χ0n) is 6.00. The topological polar surface area (TPSA) is 56.8 Å². The molecule has 0 aliphatic carbocycles. The third-order valence-electron chi connectivity index (χ3n) is 1.15. The van der Waals surface area contributed by atoms with Gasteiger partial charge in [0.25, 0.3) is 0 Å². The van der Waals surface area contributed by atoms with Gasteiger partial charge < -0.3 is 4.74 Å². The van der Waals surface area contributed by atoms with E-state index in [9.17, 15) is 0 Å². The van der Waals surface area contributed by atoms with Crippen LogP contribution in [0.5, 0.6) is 0 Å². The lowest BCUT2D eigenvalue weighted by molar-refractivity contribution is 0.191. The van der Waals surface area contributed by atoms with E-state index >= 15 is 0 Å². The maximum Gasteiger partial charge on any atom is 0.133 e. The number of hydrogen-bond acceptors (Lipinski definition) is 3. The Morgan fingerprint density at radius 2 is 2.00 bits per heavy atom. The minimum Gasteiger partial charge on any atom is -0.385 e. The normalized spacial score (nSPS) is 8.80. The molecule has 0 bridgehead atoms. The van der Waals surface area contributed by atoms with Crippen molar-refractivity contribution in [2.75, 3.05) is 13.7 Å². The highest BCUT2D eigenvalue weighted by atomic mass is 16.5. The van der Waals surface area contributed by atoms with Gasteiger partial charge in [-0.15, -0.1) is 0 Å². The lowest BCUT2D eigenvalue weighted by Crippen LogP contribution is -1.96. The summed E-state index contributed by atoms with van der Waals surface area (Å²) in [6.45, 7) is 0.625. The Kier molecular flexibility index (Phi) is 5.42. The fourth-order valence-electron chi connectivity index (χ4n) is 0.590. The highest BCUT2D eigenvalue weighted by Crippen LogP contribution is 2.02. The molecule has 0 atom stereocenters. The average molecular weight is 138 g/mol. The Morgan fingerprint density at radius 3 is 2.40 bits per heavy atom. The van der Waals surface area contributed by atoms with Gasteiger partial charge in [-0.1, -0.05) is 0 Å². The van der Waals surface area contributed by atoms with Gasteiger partial charge in [0.1, 0.15) is 5.92 Å². The van der Waals surface area contributed by atoms with E-state index in [1.165, 1.54) is 0 Å². The van der Waals surface area contributed by atoms with Crippen LogP contribution in [-0.4, -0.2) is 13.7 Å². The van der Waals surface area contributed by atoms with Crippen LogP contribution in [0.25, 0.3) is 0 Å². The van der Waals surface area contributed by atoms with E-state index in [1.54, 1.807) is 7.11 Å². The van der Waals surface area contributed by atoms with Crippen LogP contribution >= 0.6 is 0 Å². The van der Waals surface area contributed by atoms with E-state index in [0.29, 0.717) is 13.0 Å². The average Bonchev–Trinajstić information content (AvgIpc) is 1.99. The predicted octanol–water partition coefficient (Wildman–Crippen LogP) is 1.08. The summed E-state index contributed by atoms with van der Waals surface area (Å²) in [5.41, 5.74) is 0. The molecule has 0 heterocycles. The zero-order chi connectivity index (χ0) is 7.82. The number of nitriles is 2. The standard InChI is InChI=1S/C7H10N2O/c1-10-4-2-3-7(5-8)6-9/h7H,2-4H2,1H3. The van der Waals surface area contributed by atoms with Crippen molar-refractivity contribution in [1.29, 1.82) is 10.5 Å². The SMILES string of the molecule is COCCCC(C#N)C#N. The van der Waals surface area contributed by atoms with Gasteiger partial charge in [-0.25, -0.2) is 0 Å². The number of methoxy groups -OCH3 is 1. The molecule has 3 nitrogen and oxygen atoms in total. The number of nitrogens with zero attached hydrogens (tertiary/aromatic N) is 2. The van der Waals surface area contributed by atoms with Crippen molar-refractivity contribution in [1.82, 2.24) is 0 Å². The van der Waals surface area contributed by atoms with Crippen molar-refractivity contribution in [2.24, 2.45) is 5.92 Å². The van der Waals surface area contributed by atoms with Crippen molar-refractivity contribution in [3.05, 3.63) is 0 Å². The molecule has 0 saturated carbocycles. The van der Waals surface area contributed by atoms with Crippen molar-refractivity contribution >= 4 is 0 Å². The maximum absolute atomic E-state index is 8.31. The van der Waals surface area contributed by atoms with E-state index in [-0.39, 0.29) is 0 Å². The Bertz CT molecular complexity index is 140. The van der Waals surface area contributed by atoms with Crippen LogP contribution < -0.4 is 0 Å². The zero-order valence-corrected chi connectivity index (χ0v) is 6.00. The summed E-state index contributed by atoms with van der Waals surface area (Å²) in [4.78, 5) is 0. The first-order valence-corrected chi connectivity index (χ1v) is 3.13. The molecule has 0 radical (unpaired) electrons.